The second-order valence-electron chi connectivity index (χ2n) is 7.44. The van der Waals surface area contributed by atoms with Crippen molar-refractivity contribution in [3.63, 3.8) is 0 Å². The van der Waals surface area contributed by atoms with Crippen molar-refractivity contribution in [1.29, 1.82) is 0 Å². The Labute approximate surface area is 182 Å². The van der Waals surface area contributed by atoms with E-state index in [0.29, 0.717) is 24.0 Å². The monoisotopic (exact) mass is 429 g/mol. The Balaban J connectivity index is 0.00000341. The number of hydrogen-bond acceptors (Lipinski definition) is 7. The molecule has 3 rings (SSSR count). The molecule has 0 aliphatic rings. The van der Waals surface area contributed by atoms with Gasteiger partial charge in [-0.1, -0.05) is 43.8 Å². The van der Waals surface area contributed by atoms with Crippen molar-refractivity contribution in [2.75, 3.05) is 19.8 Å². The molecule has 4 N–H and O–H groups in total. The first-order valence-electron chi connectivity index (χ1n) is 9.69. The van der Waals surface area contributed by atoms with Gasteiger partial charge in [0.1, 0.15) is 12.6 Å². The van der Waals surface area contributed by atoms with Gasteiger partial charge in [0.05, 0.1) is 25.4 Å². The van der Waals surface area contributed by atoms with Gasteiger partial charge in [-0.05, 0) is 31.5 Å². The lowest BCUT2D eigenvalue weighted by Crippen LogP contribution is -2.51. The van der Waals surface area contributed by atoms with Crippen LogP contribution in [0.4, 0.5) is 0 Å². The molecule has 9 heteroatoms. The minimum atomic E-state index is -1.08. The lowest BCUT2D eigenvalue weighted by atomic mass is 10.1. The van der Waals surface area contributed by atoms with Gasteiger partial charge in [-0.2, -0.15) is 0 Å². The summed E-state index contributed by atoms with van der Waals surface area (Å²) in [5.41, 5.74) is 6.45. The minimum Gasteiger partial charge on any atom is -0.476 e. The smallest absolute Gasteiger partial charge is 0.240 e. The summed E-state index contributed by atoms with van der Waals surface area (Å²) in [5.74, 6) is 0.557. The van der Waals surface area contributed by atoms with Crippen molar-refractivity contribution in [3.8, 4) is 5.88 Å². The third-order valence-electron chi connectivity index (χ3n) is 4.36. The SMILES string of the molecule is C.CC(C)(N)C(=O)N[C@H](COCc1ccccc1)c1nnc2cccc(OCCO)n12. The highest BCUT2D eigenvalue weighted by molar-refractivity contribution is 5.85. The molecule has 9 nitrogen and oxygen atoms in total. The zero-order chi connectivity index (χ0) is 21.6. The van der Waals surface area contributed by atoms with Crippen LogP contribution in [0.5, 0.6) is 5.88 Å². The van der Waals surface area contributed by atoms with Crippen LogP contribution in [0.15, 0.2) is 48.5 Å². The standard InChI is InChI=1S/C21H27N5O4.CH4/c1-21(2,22)20(28)23-16(14-29-13-15-7-4-3-5-8-15)19-25-24-17-9-6-10-18(26(17)19)30-12-11-27;/h3-10,16,27H,11-14,22H2,1-2H3,(H,23,28);1H4/t16-;/m1./s1. The molecule has 0 aliphatic carbocycles. The maximum absolute atomic E-state index is 12.6. The lowest BCUT2D eigenvalue weighted by Gasteiger charge is -2.24. The highest BCUT2D eigenvalue weighted by Gasteiger charge is 2.28. The second-order valence-corrected chi connectivity index (χ2v) is 7.44. The molecule has 2 aromatic heterocycles. The Bertz CT molecular complexity index is 969. The number of hydrogen-bond donors (Lipinski definition) is 3. The Morgan fingerprint density at radius 3 is 2.61 bits per heavy atom. The molecule has 0 radical (unpaired) electrons. The average Bonchev–Trinajstić information content (AvgIpc) is 3.16. The van der Waals surface area contributed by atoms with E-state index in [0.717, 1.165) is 5.56 Å². The topological polar surface area (TPSA) is 124 Å². The minimum absolute atomic E-state index is 0. The molecule has 0 unspecified atom stereocenters. The zero-order valence-electron chi connectivity index (χ0n) is 17.1. The number of ether oxygens (including phenoxy) is 2. The zero-order valence-corrected chi connectivity index (χ0v) is 17.1. The quantitative estimate of drug-likeness (QED) is 0.449. The summed E-state index contributed by atoms with van der Waals surface area (Å²) in [6.07, 6.45) is 0. The molecular weight excluding hydrogens is 398 g/mol. The predicted molar refractivity (Wildman–Crippen MR) is 118 cm³/mol. The molecule has 1 amide bonds. The van der Waals surface area contributed by atoms with Crippen molar-refractivity contribution in [3.05, 3.63) is 59.9 Å². The number of carbonyl (C=O) groups excluding carboxylic acids is 1. The van der Waals surface area contributed by atoms with E-state index in [2.05, 4.69) is 15.5 Å². The number of nitrogens with two attached hydrogens (primary N) is 1. The van der Waals surface area contributed by atoms with Gasteiger partial charge in [-0.15, -0.1) is 10.2 Å². The summed E-state index contributed by atoms with van der Waals surface area (Å²) in [6, 6.07) is 14.4. The van der Waals surface area contributed by atoms with E-state index in [1.807, 2.05) is 30.3 Å². The van der Waals surface area contributed by atoms with Crippen LogP contribution in [0.2, 0.25) is 0 Å². The molecular formula is C22H31N5O4. The number of rotatable bonds is 10. The molecule has 0 bridgehead atoms. The number of aliphatic hydroxyl groups is 1. The van der Waals surface area contributed by atoms with Gasteiger partial charge in [0.15, 0.2) is 11.5 Å². The van der Waals surface area contributed by atoms with Crippen LogP contribution in [-0.2, 0) is 16.1 Å². The van der Waals surface area contributed by atoms with Gasteiger partial charge in [0.25, 0.3) is 0 Å². The van der Waals surface area contributed by atoms with Gasteiger partial charge in [-0.25, -0.2) is 4.40 Å². The Morgan fingerprint density at radius 1 is 1.19 bits per heavy atom. The first-order chi connectivity index (χ1) is 14.4. The van der Waals surface area contributed by atoms with Crippen molar-refractivity contribution < 1.29 is 19.4 Å². The normalized spacial score (nSPS) is 12.3. The maximum Gasteiger partial charge on any atom is 0.240 e. The highest BCUT2D eigenvalue weighted by Crippen LogP contribution is 2.21. The van der Waals surface area contributed by atoms with E-state index >= 15 is 0 Å². The average molecular weight is 430 g/mol. The summed E-state index contributed by atoms with van der Waals surface area (Å²) in [7, 11) is 0. The van der Waals surface area contributed by atoms with Crippen LogP contribution in [0.25, 0.3) is 5.65 Å². The van der Waals surface area contributed by atoms with Gasteiger partial charge in [0, 0.05) is 0 Å². The molecule has 0 spiro atoms. The van der Waals surface area contributed by atoms with Crippen molar-refractivity contribution in [1.82, 2.24) is 19.9 Å². The molecule has 0 saturated carbocycles. The van der Waals surface area contributed by atoms with E-state index < -0.39 is 11.6 Å². The molecule has 3 aromatic rings. The van der Waals surface area contributed by atoms with E-state index in [1.54, 1.807) is 36.4 Å². The number of aliphatic hydroxyl groups excluding tert-OH is 1. The molecule has 1 aromatic carbocycles. The molecule has 0 aliphatic heterocycles. The number of aromatic nitrogens is 3. The third-order valence-corrected chi connectivity index (χ3v) is 4.36. The second kappa shape index (κ2) is 10.9. The molecule has 0 fully saturated rings. The van der Waals surface area contributed by atoms with Crippen LogP contribution in [0.1, 0.15) is 38.7 Å². The number of pyridine rings is 1. The van der Waals surface area contributed by atoms with Crippen LogP contribution >= 0.6 is 0 Å². The fourth-order valence-corrected chi connectivity index (χ4v) is 2.82. The number of nitrogens with one attached hydrogen (secondary N) is 1. The Morgan fingerprint density at radius 2 is 1.94 bits per heavy atom. The van der Waals surface area contributed by atoms with E-state index in [9.17, 15) is 4.79 Å². The van der Waals surface area contributed by atoms with Gasteiger partial charge < -0.3 is 25.6 Å². The Hall–Kier alpha value is -3.01. The van der Waals surface area contributed by atoms with Crippen molar-refractivity contribution in [2.24, 2.45) is 5.73 Å². The van der Waals surface area contributed by atoms with E-state index in [-0.39, 0.29) is 33.2 Å². The molecule has 31 heavy (non-hydrogen) atoms. The van der Waals surface area contributed by atoms with Crippen molar-refractivity contribution >= 4 is 11.6 Å². The fraction of sp³-hybridized carbons (Fsp3) is 0.409. The van der Waals surface area contributed by atoms with Crippen LogP contribution in [-0.4, -0.2) is 51.0 Å². The first-order valence-corrected chi connectivity index (χ1v) is 9.69. The van der Waals surface area contributed by atoms with Gasteiger partial charge in [0.2, 0.25) is 11.8 Å². The molecule has 1 atom stereocenters. The molecule has 0 saturated heterocycles. The summed E-state index contributed by atoms with van der Waals surface area (Å²) >= 11 is 0. The summed E-state index contributed by atoms with van der Waals surface area (Å²) in [6.45, 7) is 3.78. The fourth-order valence-electron chi connectivity index (χ4n) is 2.82. The van der Waals surface area contributed by atoms with Crippen LogP contribution in [0, 0.1) is 0 Å². The number of fused-ring (bicyclic) bond motifs is 1. The molecule has 168 valence electrons. The van der Waals surface area contributed by atoms with Crippen LogP contribution < -0.4 is 15.8 Å². The van der Waals surface area contributed by atoms with E-state index in [4.69, 9.17) is 20.3 Å². The summed E-state index contributed by atoms with van der Waals surface area (Å²) in [5, 5.41) is 20.4. The number of nitrogens with zero attached hydrogens (tertiary/aromatic N) is 3. The number of amides is 1. The number of carbonyl (C=O) groups is 1. The first kappa shape index (κ1) is 24.3. The van der Waals surface area contributed by atoms with Crippen molar-refractivity contribution in [2.45, 2.75) is 39.5 Å². The maximum atomic E-state index is 12.6. The number of benzene rings is 1. The molecule has 2 heterocycles. The van der Waals surface area contributed by atoms with E-state index in [1.165, 1.54) is 0 Å². The Kier molecular flexibility index (Phi) is 8.49. The van der Waals surface area contributed by atoms with Gasteiger partial charge in [-0.3, -0.25) is 4.79 Å². The van der Waals surface area contributed by atoms with Crippen LogP contribution in [0.3, 0.4) is 0 Å². The summed E-state index contributed by atoms with van der Waals surface area (Å²) < 4.78 is 13.2. The lowest BCUT2D eigenvalue weighted by molar-refractivity contribution is -0.126. The largest absolute Gasteiger partial charge is 0.476 e. The summed E-state index contributed by atoms with van der Waals surface area (Å²) in [4.78, 5) is 12.6. The highest BCUT2D eigenvalue weighted by atomic mass is 16.5. The predicted octanol–water partition coefficient (Wildman–Crippen LogP) is 1.85. The van der Waals surface area contributed by atoms with Gasteiger partial charge >= 0.3 is 0 Å². The third kappa shape index (κ3) is 6.24.